The first-order chi connectivity index (χ1) is 21.6. The molecule has 0 saturated carbocycles. The first-order valence-electron chi connectivity index (χ1n) is 15.1. The third-order valence-electron chi connectivity index (χ3n) is 9.24. The van der Waals surface area contributed by atoms with Gasteiger partial charge in [0, 0.05) is 27.3 Å². The maximum absolute atomic E-state index is 5.13. The molecule has 9 rings (SSSR count). The summed E-state index contributed by atoms with van der Waals surface area (Å²) in [4.78, 5) is 15.2. The van der Waals surface area contributed by atoms with Crippen LogP contribution in [-0.4, -0.2) is 19.5 Å². The summed E-state index contributed by atoms with van der Waals surface area (Å²) in [6.45, 7) is 4.70. The molecule has 6 aromatic carbocycles. The number of fused-ring (bicyclic) bond motifs is 8. The van der Waals surface area contributed by atoms with Crippen molar-refractivity contribution >= 4 is 32.6 Å². The summed E-state index contributed by atoms with van der Waals surface area (Å²) in [6.07, 6.45) is 0. The molecule has 0 atom stereocenters. The molecule has 2 heterocycles. The van der Waals surface area contributed by atoms with E-state index in [1.807, 2.05) is 36.4 Å². The van der Waals surface area contributed by atoms with E-state index in [0.717, 1.165) is 22.2 Å². The van der Waals surface area contributed by atoms with Crippen LogP contribution in [0.5, 0.6) is 0 Å². The van der Waals surface area contributed by atoms with E-state index in [4.69, 9.17) is 15.0 Å². The Morgan fingerprint density at radius 2 is 1.11 bits per heavy atom. The van der Waals surface area contributed by atoms with E-state index >= 15 is 0 Å². The minimum absolute atomic E-state index is 0.125. The molecule has 0 spiro atoms. The summed E-state index contributed by atoms with van der Waals surface area (Å²) < 4.78 is 2.22. The summed E-state index contributed by atoms with van der Waals surface area (Å²) in [5, 5.41) is 4.93. The predicted octanol–water partition coefficient (Wildman–Crippen LogP) is 9.76. The van der Waals surface area contributed by atoms with Gasteiger partial charge in [-0.25, -0.2) is 4.98 Å². The van der Waals surface area contributed by atoms with Crippen molar-refractivity contribution in [3.05, 3.63) is 145 Å². The van der Waals surface area contributed by atoms with Crippen LogP contribution in [0.2, 0.25) is 0 Å². The lowest BCUT2D eigenvalue weighted by Crippen LogP contribution is -2.14. The van der Waals surface area contributed by atoms with Gasteiger partial charge in [-0.3, -0.25) is 4.57 Å². The first-order valence-corrected chi connectivity index (χ1v) is 15.1. The average Bonchev–Trinajstić information content (AvgIpc) is 3.52. The van der Waals surface area contributed by atoms with Gasteiger partial charge in [0.25, 0.3) is 0 Å². The smallest absolute Gasteiger partial charge is 0.238 e. The number of hydrogen-bond acceptors (Lipinski definition) is 3. The van der Waals surface area contributed by atoms with Gasteiger partial charge in [-0.05, 0) is 51.2 Å². The summed E-state index contributed by atoms with van der Waals surface area (Å²) in [7, 11) is 0. The molecule has 8 aromatic rings. The van der Waals surface area contributed by atoms with Crippen molar-refractivity contribution in [1.82, 2.24) is 19.5 Å². The zero-order valence-electron chi connectivity index (χ0n) is 24.5. The molecule has 0 unspecified atom stereocenters. The number of aromatic nitrogens is 4. The van der Waals surface area contributed by atoms with Crippen molar-refractivity contribution in [3.8, 4) is 39.9 Å². The van der Waals surface area contributed by atoms with Crippen molar-refractivity contribution in [3.63, 3.8) is 0 Å². The molecule has 2 aromatic heterocycles. The van der Waals surface area contributed by atoms with Crippen LogP contribution in [0.3, 0.4) is 0 Å². The van der Waals surface area contributed by atoms with Crippen LogP contribution in [0, 0.1) is 0 Å². The van der Waals surface area contributed by atoms with Crippen molar-refractivity contribution in [1.29, 1.82) is 0 Å². The van der Waals surface area contributed by atoms with Crippen molar-refractivity contribution in [2.45, 2.75) is 19.3 Å². The Bertz CT molecular complexity index is 2350. The molecule has 44 heavy (non-hydrogen) atoms. The maximum atomic E-state index is 5.13. The van der Waals surface area contributed by atoms with Gasteiger partial charge in [0.2, 0.25) is 5.95 Å². The molecule has 0 saturated heterocycles. The molecule has 4 nitrogen and oxygen atoms in total. The van der Waals surface area contributed by atoms with E-state index in [1.165, 1.54) is 43.8 Å². The Balaban J connectivity index is 1.39. The molecule has 208 valence electrons. The van der Waals surface area contributed by atoms with Gasteiger partial charge in [0.15, 0.2) is 11.6 Å². The van der Waals surface area contributed by atoms with Crippen LogP contribution < -0.4 is 0 Å². The Morgan fingerprint density at radius 1 is 0.500 bits per heavy atom. The second-order valence-corrected chi connectivity index (χ2v) is 12.1. The van der Waals surface area contributed by atoms with Gasteiger partial charge in [0.05, 0.1) is 11.0 Å². The lowest BCUT2D eigenvalue weighted by Gasteiger charge is -2.21. The van der Waals surface area contributed by atoms with Gasteiger partial charge < -0.3 is 0 Å². The SMILES string of the molecule is CC1(C)c2cc3c4ccccc4n(-c4nc(-c5ccccc5)nc(-c5ccccc5)n4)c3cc2-c2c1ccc1ccccc21. The zero-order chi connectivity index (χ0) is 29.4. The molecular weight excluding hydrogens is 536 g/mol. The van der Waals surface area contributed by atoms with Gasteiger partial charge in [-0.2, -0.15) is 9.97 Å². The number of para-hydroxylation sites is 1. The highest BCUT2D eigenvalue weighted by molar-refractivity contribution is 6.13. The van der Waals surface area contributed by atoms with Crippen molar-refractivity contribution in [2.75, 3.05) is 0 Å². The average molecular weight is 565 g/mol. The number of hydrogen-bond donors (Lipinski definition) is 0. The molecule has 0 radical (unpaired) electrons. The Kier molecular flexibility index (Phi) is 5.21. The minimum Gasteiger partial charge on any atom is -0.278 e. The topological polar surface area (TPSA) is 43.6 Å². The Morgan fingerprint density at radius 3 is 1.82 bits per heavy atom. The normalized spacial score (nSPS) is 13.4. The van der Waals surface area contributed by atoms with Gasteiger partial charge >= 0.3 is 0 Å². The third-order valence-corrected chi connectivity index (χ3v) is 9.24. The van der Waals surface area contributed by atoms with Crippen molar-refractivity contribution < 1.29 is 0 Å². The second kappa shape index (κ2) is 9.19. The van der Waals surface area contributed by atoms with E-state index in [1.54, 1.807) is 0 Å². The molecule has 1 aliphatic rings. The third kappa shape index (κ3) is 3.54. The minimum atomic E-state index is -0.125. The molecule has 0 fully saturated rings. The molecule has 0 bridgehead atoms. The Hall–Kier alpha value is -5.61. The molecule has 0 amide bonds. The lowest BCUT2D eigenvalue weighted by molar-refractivity contribution is 0.661. The summed E-state index contributed by atoms with van der Waals surface area (Å²) in [6, 6.07) is 47.0. The predicted molar refractivity (Wildman–Crippen MR) is 180 cm³/mol. The Labute approximate surface area is 255 Å². The van der Waals surface area contributed by atoms with E-state index in [-0.39, 0.29) is 5.41 Å². The van der Waals surface area contributed by atoms with E-state index in [0.29, 0.717) is 17.6 Å². The monoisotopic (exact) mass is 564 g/mol. The number of rotatable bonds is 3. The van der Waals surface area contributed by atoms with Crippen LogP contribution in [0.1, 0.15) is 25.0 Å². The molecule has 1 aliphatic carbocycles. The largest absolute Gasteiger partial charge is 0.278 e. The molecule has 4 heteroatoms. The van der Waals surface area contributed by atoms with Crippen molar-refractivity contribution in [2.24, 2.45) is 0 Å². The van der Waals surface area contributed by atoms with Crippen LogP contribution in [0.25, 0.3) is 72.4 Å². The fourth-order valence-electron chi connectivity index (χ4n) is 7.08. The first kappa shape index (κ1) is 24.9. The molecular formula is C40H28N4. The number of benzene rings is 6. The zero-order valence-corrected chi connectivity index (χ0v) is 24.5. The fourth-order valence-corrected chi connectivity index (χ4v) is 7.08. The molecule has 0 aliphatic heterocycles. The molecule has 0 N–H and O–H groups in total. The van der Waals surface area contributed by atoms with E-state index < -0.39 is 0 Å². The van der Waals surface area contributed by atoms with Gasteiger partial charge in [-0.1, -0.05) is 129 Å². The van der Waals surface area contributed by atoms with Gasteiger partial charge in [0.1, 0.15) is 0 Å². The summed E-state index contributed by atoms with van der Waals surface area (Å²) >= 11 is 0. The quantitative estimate of drug-likeness (QED) is 0.215. The lowest BCUT2D eigenvalue weighted by atomic mass is 9.81. The maximum Gasteiger partial charge on any atom is 0.238 e. The highest BCUT2D eigenvalue weighted by Gasteiger charge is 2.37. The fraction of sp³-hybridized carbons (Fsp3) is 0.0750. The van der Waals surface area contributed by atoms with E-state index in [9.17, 15) is 0 Å². The standard InChI is InChI=1S/C40H28N4/c1-40(2)32-22-21-25-13-9-10-18-28(25)36(32)31-24-35-30(23-33(31)40)29-19-11-12-20-34(29)44(35)39-42-37(26-14-5-3-6-15-26)41-38(43-39)27-16-7-4-8-17-27/h3-24H,1-2H3. The second-order valence-electron chi connectivity index (χ2n) is 12.1. The highest BCUT2D eigenvalue weighted by Crippen LogP contribution is 2.53. The summed E-state index contributed by atoms with van der Waals surface area (Å²) in [5.41, 5.74) is 9.27. The summed E-state index contributed by atoms with van der Waals surface area (Å²) in [5.74, 6) is 1.91. The van der Waals surface area contributed by atoms with Crippen LogP contribution in [0.4, 0.5) is 0 Å². The number of nitrogens with zero attached hydrogens (tertiary/aromatic N) is 4. The van der Waals surface area contributed by atoms with E-state index in [2.05, 4.69) is 115 Å². The van der Waals surface area contributed by atoms with Crippen LogP contribution in [-0.2, 0) is 5.41 Å². The van der Waals surface area contributed by atoms with Gasteiger partial charge in [-0.15, -0.1) is 0 Å². The van der Waals surface area contributed by atoms with Crippen LogP contribution >= 0.6 is 0 Å². The highest BCUT2D eigenvalue weighted by atomic mass is 15.2. The van der Waals surface area contributed by atoms with Crippen LogP contribution in [0.15, 0.2) is 133 Å².